The Kier molecular flexibility index (Phi) is 3.41. The Morgan fingerprint density at radius 2 is 1.81 bits per heavy atom. The van der Waals surface area contributed by atoms with E-state index in [2.05, 4.69) is 0 Å². The van der Waals surface area contributed by atoms with Gasteiger partial charge in [-0.15, -0.1) is 0 Å². The van der Waals surface area contributed by atoms with Crippen LogP contribution in [0.15, 0.2) is 24.3 Å². The summed E-state index contributed by atoms with van der Waals surface area (Å²) in [5.74, 6) is -0.294. The lowest BCUT2D eigenvalue weighted by atomic mass is 10.2. The molecule has 1 saturated heterocycles. The van der Waals surface area contributed by atoms with Crippen molar-refractivity contribution in [2.24, 2.45) is 0 Å². The zero-order valence-electron chi connectivity index (χ0n) is 9.01. The number of halogens is 1. The molecule has 88 valence electrons. The van der Waals surface area contributed by atoms with Crippen molar-refractivity contribution in [1.29, 1.82) is 0 Å². The SMILES string of the molecule is OCC1CCC(CO)N1c1cccc(F)c1. The Hall–Kier alpha value is -1.13. The van der Waals surface area contributed by atoms with Crippen molar-refractivity contribution >= 4 is 5.69 Å². The first-order valence-corrected chi connectivity index (χ1v) is 5.52. The zero-order valence-corrected chi connectivity index (χ0v) is 9.01. The van der Waals surface area contributed by atoms with Gasteiger partial charge in [-0.1, -0.05) is 6.07 Å². The highest BCUT2D eigenvalue weighted by atomic mass is 19.1. The van der Waals surface area contributed by atoms with Crippen molar-refractivity contribution in [2.75, 3.05) is 18.1 Å². The molecule has 2 rings (SSSR count). The van der Waals surface area contributed by atoms with Gasteiger partial charge in [0.25, 0.3) is 0 Å². The van der Waals surface area contributed by atoms with E-state index >= 15 is 0 Å². The van der Waals surface area contributed by atoms with Crippen LogP contribution in [0.2, 0.25) is 0 Å². The number of rotatable bonds is 3. The van der Waals surface area contributed by atoms with E-state index in [-0.39, 0.29) is 31.1 Å². The highest BCUT2D eigenvalue weighted by Gasteiger charge is 2.32. The van der Waals surface area contributed by atoms with Crippen LogP contribution in [-0.2, 0) is 0 Å². The van der Waals surface area contributed by atoms with Gasteiger partial charge >= 0.3 is 0 Å². The van der Waals surface area contributed by atoms with Crippen LogP contribution in [0.3, 0.4) is 0 Å². The van der Waals surface area contributed by atoms with Crippen molar-refractivity contribution in [1.82, 2.24) is 0 Å². The molecule has 1 aliphatic heterocycles. The van der Waals surface area contributed by atoms with Crippen LogP contribution in [0.5, 0.6) is 0 Å². The standard InChI is InChI=1S/C12H16FNO2/c13-9-2-1-3-10(6-9)14-11(7-15)4-5-12(14)8-16/h1-3,6,11-12,15-16H,4-5,7-8H2. The van der Waals surface area contributed by atoms with Crippen LogP contribution in [0.4, 0.5) is 10.1 Å². The minimum absolute atomic E-state index is 0.0149. The Labute approximate surface area is 94.1 Å². The molecule has 3 nitrogen and oxygen atoms in total. The van der Waals surface area contributed by atoms with Crippen molar-refractivity contribution in [3.05, 3.63) is 30.1 Å². The normalized spacial score (nSPS) is 25.1. The predicted octanol–water partition coefficient (Wildman–Crippen LogP) is 1.15. The highest BCUT2D eigenvalue weighted by Crippen LogP contribution is 2.30. The van der Waals surface area contributed by atoms with Gasteiger partial charge in [-0.25, -0.2) is 4.39 Å². The molecule has 0 spiro atoms. The predicted molar refractivity (Wildman–Crippen MR) is 59.9 cm³/mol. The molecule has 0 amide bonds. The third-order valence-electron chi connectivity index (χ3n) is 3.15. The van der Waals surface area contributed by atoms with Gasteiger partial charge in [-0.2, -0.15) is 0 Å². The molecule has 1 aliphatic rings. The van der Waals surface area contributed by atoms with E-state index in [1.807, 2.05) is 4.90 Å². The minimum Gasteiger partial charge on any atom is -0.394 e. The second-order valence-corrected chi connectivity index (χ2v) is 4.14. The third-order valence-corrected chi connectivity index (χ3v) is 3.15. The van der Waals surface area contributed by atoms with Gasteiger partial charge in [0.05, 0.1) is 25.3 Å². The molecule has 0 radical (unpaired) electrons. The Morgan fingerprint density at radius 3 is 2.31 bits per heavy atom. The smallest absolute Gasteiger partial charge is 0.125 e. The van der Waals surface area contributed by atoms with Crippen LogP contribution in [0.25, 0.3) is 0 Å². The number of benzene rings is 1. The number of hydrogen-bond acceptors (Lipinski definition) is 3. The third kappa shape index (κ3) is 2.03. The van der Waals surface area contributed by atoms with E-state index in [1.54, 1.807) is 12.1 Å². The highest BCUT2D eigenvalue weighted by molar-refractivity contribution is 5.50. The Morgan fingerprint density at radius 1 is 1.19 bits per heavy atom. The summed E-state index contributed by atoms with van der Waals surface area (Å²) in [6, 6.07) is 6.25. The van der Waals surface area contributed by atoms with Gasteiger partial charge in [-0.3, -0.25) is 0 Å². The van der Waals surface area contributed by atoms with Crippen LogP contribution >= 0.6 is 0 Å². The van der Waals surface area contributed by atoms with Gasteiger partial charge in [0.1, 0.15) is 5.82 Å². The van der Waals surface area contributed by atoms with Crippen molar-refractivity contribution in [3.63, 3.8) is 0 Å². The quantitative estimate of drug-likeness (QED) is 0.811. The molecule has 1 aromatic carbocycles. The van der Waals surface area contributed by atoms with Gasteiger partial charge in [-0.05, 0) is 31.0 Å². The van der Waals surface area contributed by atoms with Crippen molar-refractivity contribution < 1.29 is 14.6 Å². The molecule has 1 heterocycles. The molecule has 0 bridgehead atoms. The summed E-state index contributed by atoms with van der Waals surface area (Å²) >= 11 is 0. The molecule has 16 heavy (non-hydrogen) atoms. The van der Waals surface area contributed by atoms with Gasteiger partial charge in [0.15, 0.2) is 0 Å². The van der Waals surface area contributed by atoms with Crippen LogP contribution in [0.1, 0.15) is 12.8 Å². The van der Waals surface area contributed by atoms with Crippen LogP contribution < -0.4 is 4.90 Å². The summed E-state index contributed by atoms with van der Waals surface area (Å²) in [7, 11) is 0. The van der Waals surface area contributed by atoms with Gasteiger partial charge in [0.2, 0.25) is 0 Å². The zero-order chi connectivity index (χ0) is 11.5. The van der Waals surface area contributed by atoms with Gasteiger partial charge in [0, 0.05) is 5.69 Å². The maximum absolute atomic E-state index is 13.1. The molecular weight excluding hydrogens is 209 g/mol. The Bertz CT molecular complexity index is 347. The lowest BCUT2D eigenvalue weighted by Crippen LogP contribution is -2.40. The largest absolute Gasteiger partial charge is 0.394 e. The number of anilines is 1. The molecule has 0 saturated carbocycles. The molecule has 4 heteroatoms. The van der Waals surface area contributed by atoms with Crippen molar-refractivity contribution in [2.45, 2.75) is 24.9 Å². The average Bonchev–Trinajstić information content (AvgIpc) is 2.71. The van der Waals surface area contributed by atoms with E-state index in [9.17, 15) is 14.6 Å². The lowest BCUT2D eigenvalue weighted by Gasteiger charge is -2.30. The van der Waals surface area contributed by atoms with E-state index in [0.717, 1.165) is 18.5 Å². The van der Waals surface area contributed by atoms with E-state index in [4.69, 9.17) is 0 Å². The maximum Gasteiger partial charge on any atom is 0.125 e. The summed E-state index contributed by atoms with van der Waals surface area (Å²) < 4.78 is 13.1. The first kappa shape index (κ1) is 11.4. The fourth-order valence-corrected chi connectivity index (χ4v) is 2.38. The second kappa shape index (κ2) is 4.80. The van der Waals surface area contributed by atoms with E-state index < -0.39 is 0 Å². The summed E-state index contributed by atoms with van der Waals surface area (Å²) in [4.78, 5) is 1.92. The first-order valence-electron chi connectivity index (χ1n) is 5.52. The lowest BCUT2D eigenvalue weighted by molar-refractivity contribution is 0.248. The summed E-state index contributed by atoms with van der Waals surface area (Å²) in [5.41, 5.74) is 0.732. The number of nitrogens with zero attached hydrogens (tertiary/aromatic N) is 1. The molecule has 1 fully saturated rings. The molecule has 2 atom stereocenters. The molecule has 0 aromatic heterocycles. The number of aliphatic hydroxyl groups is 2. The topological polar surface area (TPSA) is 43.7 Å². The molecule has 1 aromatic rings. The second-order valence-electron chi connectivity index (χ2n) is 4.14. The first-order chi connectivity index (χ1) is 7.76. The molecular formula is C12H16FNO2. The number of aliphatic hydroxyl groups excluding tert-OH is 2. The maximum atomic E-state index is 13.1. The monoisotopic (exact) mass is 225 g/mol. The molecule has 2 N–H and O–H groups in total. The fourth-order valence-electron chi connectivity index (χ4n) is 2.38. The Balaban J connectivity index is 2.28. The molecule has 0 aliphatic carbocycles. The summed E-state index contributed by atoms with van der Waals surface area (Å²) in [6.07, 6.45) is 1.66. The van der Waals surface area contributed by atoms with Crippen LogP contribution in [0, 0.1) is 5.82 Å². The number of hydrogen-bond donors (Lipinski definition) is 2. The van der Waals surface area contributed by atoms with E-state index in [0.29, 0.717) is 0 Å². The van der Waals surface area contributed by atoms with Gasteiger partial charge < -0.3 is 15.1 Å². The van der Waals surface area contributed by atoms with Crippen LogP contribution in [-0.4, -0.2) is 35.5 Å². The van der Waals surface area contributed by atoms with Crippen molar-refractivity contribution in [3.8, 4) is 0 Å². The van der Waals surface area contributed by atoms with E-state index in [1.165, 1.54) is 12.1 Å². The average molecular weight is 225 g/mol. The minimum atomic E-state index is -0.294. The fraction of sp³-hybridized carbons (Fsp3) is 0.500. The molecule has 2 unspecified atom stereocenters. The summed E-state index contributed by atoms with van der Waals surface area (Å²) in [6.45, 7) is 0.0695. The summed E-state index contributed by atoms with van der Waals surface area (Å²) in [5, 5.41) is 18.5.